The van der Waals surface area contributed by atoms with Gasteiger partial charge in [0.1, 0.15) is 19.5 Å². The van der Waals surface area contributed by atoms with Gasteiger partial charge in [-0.1, -0.05) is 32.9 Å². The fraction of sp³-hybridized carbons (Fsp3) is 0.400. The van der Waals surface area contributed by atoms with Crippen molar-refractivity contribution in [1.82, 2.24) is 0 Å². The summed E-state index contributed by atoms with van der Waals surface area (Å²) in [5.74, 6) is -0.0747. The lowest BCUT2D eigenvalue weighted by molar-refractivity contribution is -0.117. The van der Waals surface area contributed by atoms with Gasteiger partial charge in [0.25, 0.3) is 5.91 Å². The second kappa shape index (κ2) is 5.34. The maximum absolute atomic E-state index is 11.9. The summed E-state index contributed by atoms with van der Waals surface area (Å²) in [7, 11) is 0. The second-order valence-electron chi connectivity index (χ2n) is 5.48. The van der Waals surface area contributed by atoms with E-state index in [1.807, 2.05) is 24.3 Å². The van der Waals surface area contributed by atoms with E-state index in [2.05, 4.69) is 26.1 Å². The molecule has 0 saturated heterocycles. The minimum atomic E-state index is -0.289. The van der Waals surface area contributed by atoms with E-state index in [4.69, 9.17) is 9.47 Å². The Kier molecular flexibility index (Phi) is 3.79. The highest BCUT2D eigenvalue weighted by molar-refractivity contribution is 6.02. The first-order valence-corrected chi connectivity index (χ1v) is 6.33. The zero-order valence-electron chi connectivity index (χ0n) is 11.5. The van der Waals surface area contributed by atoms with Crippen molar-refractivity contribution in [3.8, 4) is 0 Å². The third-order valence-corrected chi connectivity index (χ3v) is 2.88. The predicted molar refractivity (Wildman–Crippen MR) is 73.8 cm³/mol. The summed E-state index contributed by atoms with van der Waals surface area (Å²) in [6, 6.07) is 7.82. The van der Waals surface area contributed by atoms with Gasteiger partial charge in [0.2, 0.25) is 5.76 Å². The molecule has 0 radical (unpaired) electrons. The van der Waals surface area contributed by atoms with E-state index in [0.717, 1.165) is 5.69 Å². The number of carbonyl (C=O) groups excluding carboxylic acids is 1. The fourth-order valence-electron chi connectivity index (χ4n) is 1.73. The summed E-state index contributed by atoms with van der Waals surface area (Å²) in [6.45, 7) is 7.34. The lowest BCUT2D eigenvalue weighted by Crippen LogP contribution is -2.21. The first-order chi connectivity index (χ1) is 8.97. The molecule has 0 bridgehead atoms. The maximum atomic E-state index is 11.9. The molecule has 0 saturated carbocycles. The Morgan fingerprint density at radius 2 is 1.84 bits per heavy atom. The molecule has 1 aromatic rings. The molecule has 1 aliphatic heterocycles. The van der Waals surface area contributed by atoms with Gasteiger partial charge in [-0.2, -0.15) is 0 Å². The minimum absolute atomic E-state index is 0.103. The van der Waals surface area contributed by atoms with E-state index in [1.165, 1.54) is 11.8 Å². The Morgan fingerprint density at radius 3 is 2.37 bits per heavy atom. The topological polar surface area (TPSA) is 47.6 Å². The van der Waals surface area contributed by atoms with Crippen LogP contribution in [-0.2, 0) is 19.7 Å². The number of rotatable bonds is 2. The van der Waals surface area contributed by atoms with Crippen LogP contribution in [0.25, 0.3) is 0 Å². The molecular formula is C15H19NO3. The third-order valence-electron chi connectivity index (χ3n) is 2.88. The van der Waals surface area contributed by atoms with Crippen LogP contribution in [0.1, 0.15) is 26.3 Å². The quantitative estimate of drug-likeness (QED) is 0.890. The van der Waals surface area contributed by atoms with E-state index in [-0.39, 0.29) is 17.1 Å². The molecular weight excluding hydrogens is 242 g/mol. The van der Waals surface area contributed by atoms with E-state index in [1.54, 1.807) is 0 Å². The molecule has 19 heavy (non-hydrogen) atoms. The largest absolute Gasteiger partial charge is 0.494 e. The average Bonchev–Trinajstić information content (AvgIpc) is 2.39. The summed E-state index contributed by atoms with van der Waals surface area (Å²) in [4.78, 5) is 11.9. The van der Waals surface area contributed by atoms with Crippen LogP contribution in [0.5, 0.6) is 0 Å². The number of hydrogen-bond donors (Lipinski definition) is 1. The Morgan fingerprint density at radius 1 is 1.16 bits per heavy atom. The molecule has 1 N–H and O–H groups in total. The van der Waals surface area contributed by atoms with Crippen molar-refractivity contribution in [3.05, 3.63) is 41.9 Å². The Hall–Kier alpha value is -1.97. The third kappa shape index (κ3) is 3.50. The standard InChI is InChI=1S/C15H19NO3/c1-15(2,3)11-4-6-12(7-5-11)16-14(17)13-10-18-8-9-19-13/h4-7,10H,8-9H2,1-3H3,(H,16,17). The Balaban J connectivity index is 2.03. The first kappa shape index (κ1) is 13.5. The summed E-state index contributed by atoms with van der Waals surface area (Å²) < 4.78 is 10.3. The number of ether oxygens (including phenoxy) is 2. The molecule has 1 aliphatic rings. The van der Waals surface area contributed by atoms with Crippen LogP contribution < -0.4 is 5.32 Å². The smallest absolute Gasteiger partial charge is 0.294 e. The average molecular weight is 261 g/mol. The van der Waals surface area contributed by atoms with Gasteiger partial charge >= 0.3 is 0 Å². The zero-order valence-corrected chi connectivity index (χ0v) is 11.5. The molecule has 2 rings (SSSR count). The van der Waals surface area contributed by atoms with Crippen LogP contribution in [0.15, 0.2) is 36.3 Å². The molecule has 0 fully saturated rings. The minimum Gasteiger partial charge on any atom is -0.494 e. The molecule has 1 aromatic carbocycles. The van der Waals surface area contributed by atoms with Crippen LogP contribution in [0, 0.1) is 0 Å². The van der Waals surface area contributed by atoms with Crippen molar-refractivity contribution in [3.63, 3.8) is 0 Å². The fourth-order valence-corrected chi connectivity index (χ4v) is 1.73. The molecule has 102 valence electrons. The Bertz CT molecular complexity index is 483. The van der Waals surface area contributed by atoms with Gasteiger partial charge in [0.15, 0.2) is 0 Å². The first-order valence-electron chi connectivity index (χ1n) is 6.33. The van der Waals surface area contributed by atoms with Crippen LogP contribution in [0.3, 0.4) is 0 Å². The summed E-state index contributed by atoms with van der Waals surface area (Å²) in [5, 5.41) is 2.78. The molecule has 0 aromatic heterocycles. The van der Waals surface area contributed by atoms with Gasteiger partial charge in [-0.3, -0.25) is 4.79 Å². The summed E-state index contributed by atoms with van der Waals surface area (Å²) >= 11 is 0. The highest BCUT2D eigenvalue weighted by atomic mass is 16.6. The number of anilines is 1. The van der Waals surface area contributed by atoms with Crippen molar-refractivity contribution in [1.29, 1.82) is 0 Å². The van der Waals surface area contributed by atoms with Crippen molar-refractivity contribution < 1.29 is 14.3 Å². The molecule has 0 atom stereocenters. The van der Waals surface area contributed by atoms with Crippen LogP contribution in [-0.4, -0.2) is 19.1 Å². The van der Waals surface area contributed by atoms with Gasteiger partial charge in [-0.05, 0) is 23.1 Å². The van der Waals surface area contributed by atoms with Gasteiger partial charge in [0, 0.05) is 5.69 Å². The highest BCUT2D eigenvalue weighted by Crippen LogP contribution is 2.23. The van der Waals surface area contributed by atoms with Crippen molar-refractivity contribution >= 4 is 11.6 Å². The van der Waals surface area contributed by atoms with Crippen LogP contribution in [0.2, 0.25) is 0 Å². The van der Waals surface area contributed by atoms with Crippen molar-refractivity contribution in [2.45, 2.75) is 26.2 Å². The van der Waals surface area contributed by atoms with Crippen molar-refractivity contribution in [2.24, 2.45) is 0 Å². The van der Waals surface area contributed by atoms with E-state index >= 15 is 0 Å². The lowest BCUT2D eigenvalue weighted by atomic mass is 9.87. The molecule has 1 heterocycles. The van der Waals surface area contributed by atoms with Gasteiger partial charge in [-0.25, -0.2) is 0 Å². The van der Waals surface area contributed by atoms with Crippen molar-refractivity contribution in [2.75, 3.05) is 18.5 Å². The van der Waals surface area contributed by atoms with E-state index in [0.29, 0.717) is 13.2 Å². The number of carbonyl (C=O) groups is 1. The van der Waals surface area contributed by atoms with Gasteiger partial charge in [0.05, 0.1) is 0 Å². The van der Waals surface area contributed by atoms with E-state index in [9.17, 15) is 4.79 Å². The highest BCUT2D eigenvalue weighted by Gasteiger charge is 2.16. The molecule has 1 amide bonds. The lowest BCUT2D eigenvalue weighted by Gasteiger charge is -2.19. The molecule has 0 aliphatic carbocycles. The molecule has 0 spiro atoms. The Labute approximate surface area is 113 Å². The number of benzene rings is 1. The monoisotopic (exact) mass is 261 g/mol. The molecule has 0 unspecified atom stereocenters. The SMILES string of the molecule is CC(C)(C)c1ccc(NC(=O)C2=COCCO2)cc1. The number of amides is 1. The normalized spacial score (nSPS) is 15.0. The predicted octanol–water partition coefficient (Wildman–Crippen LogP) is 2.81. The molecule has 4 nitrogen and oxygen atoms in total. The number of nitrogens with one attached hydrogen (secondary N) is 1. The number of hydrogen-bond acceptors (Lipinski definition) is 3. The summed E-state index contributed by atoms with van der Waals surface area (Å²) in [5.41, 5.74) is 2.07. The van der Waals surface area contributed by atoms with Crippen LogP contribution >= 0.6 is 0 Å². The van der Waals surface area contributed by atoms with Gasteiger partial charge in [-0.15, -0.1) is 0 Å². The maximum Gasteiger partial charge on any atom is 0.294 e. The zero-order chi connectivity index (χ0) is 13.9. The van der Waals surface area contributed by atoms with E-state index < -0.39 is 0 Å². The molecule has 4 heteroatoms. The van der Waals surface area contributed by atoms with Crippen LogP contribution in [0.4, 0.5) is 5.69 Å². The van der Waals surface area contributed by atoms with Gasteiger partial charge < -0.3 is 14.8 Å². The summed E-state index contributed by atoms with van der Waals surface area (Å²) in [6.07, 6.45) is 1.35. The second-order valence-corrected chi connectivity index (χ2v) is 5.48.